The monoisotopic (exact) mass is 345 g/mol. The van der Waals surface area contributed by atoms with Crippen molar-refractivity contribution < 1.29 is 4.39 Å². The summed E-state index contributed by atoms with van der Waals surface area (Å²) in [4.78, 5) is 4.05. The zero-order valence-electron chi connectivity index (χ0n) is 11.1. The molecule has 0 atom stereocenters. The van der Waals surface area contributed by atoms with Crippen LogP contribution < -0.4 is 5.32 Å². The van der Waals surface area contributed by atoms with E-state index in [2.05, 4.69) is 26.2 Å². The Morgan fingerprint density at radius 2 is 2.05 bits per heavy atom. The van der Waals surface area contributed by atoms with Crippen LogP contribution in [0.15, 0.2) is 65.7 Å². The molecule has 0 aliphatic heterocycles. The lowest BCUT2D eigenvalue weighted by atomic mass is 10.2. The Balaban J connectivity index is 1.84. The van der Waals surface area contributed by atoms with Crippen LogP contribution in [0.5, 0.6) is 0 Å². The van der Waals surface area contributed by atoms with Crippen molar-refractivity contribution in [2.75, 3.05) is 5.32 Å². The van der Waals surface area contributed by atoms with E-state index in [0.717, 1.165) is 15.8 Å². The van der Waals surface area contributed by atoms with Gasteiger partial charge < -0.3 is 9.88 Å². The summed E-state index contributed by atoms with van der Waals surface area (Å²) in [7, 11) is 0. The first kappa shape index (κ1) is 13.8. The first-order valence-corrected chi connectivity index (χ1v) is 7.28. The maximum absolute atomic E-state index is 13.8. The van der Waals surface area contributed by atoms with E-state index in [9.17, 15) is 4.39 Å². The minimum absolute atomic E-state index is 0.217. The molecule has 0 aliphatic carbocycles. The average molecular weight is 346 g/mol. The molecule has 1 aromatic heterocycles. The highest BCUT2D eigenvalue weighted by molar-refractivity contribution is 9.10. The Morgan fingerprint density at radius 3 is 2.86 bits per heavy atom. The van der Waals surface area contributed by atoms with Crippen LogP contribution >= 0.6 is 15.9 Å². The predicted octanol–water partition coefficient (Wildman–Crippen LogP) is 4.39. The fraction of sp³-hybridized carbons (Fsp3) is 0.0625. The molecule has 106 valence electrons. The summed E-state index contributed by atoms with van der Waals surface area (Å²) in [5.41, 5.74) is 2.52. The number of benzene rings is 2. The molecule has 0 unspecified atom stereocenters. The molecule has 0 fully saturated rings. The van der Waals surface area contributed by atoms with Crippen molar-refractivity contribution in [1.82, 2.24) is 9.55 Å². The Bertz CT molecular complexity index is 741. The lowest BCUT2D eigenvalue weighted by molar-refractivity contribution is 0.612. The molecule has 0 saturated carbocycles. The van der Waals surface area contributed by atoms with E-state index in [0.29, 0.717) is 12.1 Å². The van der Waals surface area contributed by atoms with Crippen LogP contribution in [-0.4, -0.2) is 9.55 Å². The predicted molar refractivity (Wildman–Crippen MR) is 85.0 cm³/mol. The number of para-hydroxylation sites is 2. The third-order valence-corrected chi connectivity index (χ3v) is 3.66. The molecule has 21 heavy (non-hydrogen) atoms. The average Bonchev–Trinajstić information content (AvgIpc) is 3.03. The molecule has 1 N–H and O–H groups in total. The Kier molecular flexibility index (Phi) is 4.01. The second-order valence-electron chi connectivity index (χ2n) is 4.58. The highest BCUT2D eigenvalue weighted by Crippen LogP contribution is 2.22. The van der Waals surface area contributed by atoms with Crippen molar-refractivity contribution in [3.63, 3.8) is 0 Å². The van der Waals surface area contributed by atoms with Gasteiger partial charge in [0.1, 0.15) is 5.82 Å². The molecular formula is C16H13BrFN3. The summed E-state index contributed by atoms with van der Waals surface area (Å²) in [6, 6.07) is 12.8. The number of nitrogens with one attached hydrogen (secondary N) is 1. The van der Waals surface area contributed by atoms with Crippen LogP contribution in [0.25, 0.3) is 5.69 Å². The molecule has 0 bridgehead atoms. The highest BCUT2D eigenvalue weighted by atomic mass is 79.9. The number of rotatable bonds is 4. The molecule has 0 spiro atoms. The van der Waals surface area contributed by atoms with Gasteiger partial charge in [0.15, 0.2) is 0 Å². The van der Waals surface area contributed by atoms with Crippen LogP contribution in [0.1, 0.15) is 5.56 Å². The molecule has 3 rings (SSSR count). The van der Waals surface area contributed by atoms with Crippen molar-refractivity contribution in [3.05, 3.63) is 77.0 Å². The van der Waals surface area contributed by atoms with Gasteiger partial charge in [-0.1, -0.05) is 28.1 Å². The van der Waals surface area contributed by atoms with Gasteiger partial charge in [-0.25, -0.2) is 9.37 Å². The lowest BCUT2D eigenvalue weighted by Crippen LogP contribution is -2.05. The molecule has 2 aromatic carbocycles. The number of anilines is 1. The van der Waals surface area contributed by atoms with Gasteiger partial charge in [0.05, 0.1) is 17.7 Å². The molecule has 0 aliphatic rings. The Labute approximate surface area is 130 Å². The summed E-state index contributed by atoms with van der Waals surface area (Å²) in [5, 5.41) is 3.28. The van der Waals surface area contributed by atoms with Gasteiger partial charge in [-0.3, -0.25) is 0 Å². The Morgan fingerprint density at radius 1 is 1.19 bits per heavy atom. The van der Waals surface area contributed by atoms with Crippen LogP contribution in [0.2, 0.25) is 0 Å². The maximum atomic E-state index is 13.8. The van der Waals surface area contributed by atoms with E-state index >= 15 is 0 Å². The summed E-state index contributed by atoms with van der Waals surface area (Å²) < 4.78 is 16.6. The first-order valence-electron chi connectivity index (χ1n) is 6.49. The summed E-state index contributed by atoms with van der Waals surface area (Å²) >= 11 is 3.36. The van der Waals surface area contributed by atoms with Gasteiger partial charge in [-0.2, -0.15) is 0 Å². The highest BCUT2D eigenvalue weighted by Gasteiger charge is 2.06. The van der Waals surface area contributed by atoms with Gasteiger partial charge in [-0.05, 0) is 30.3 Å². The molecule has 3 nitrogen and oxygen atoms in total. The van der Waals surface area contributed by atoms with Crippen LogP contribution in [0, 0.1) is 5.82 Å². The minimum Gasteiger partial charge on any atom is -0.379 e. The maximum Gasteiger partial charge on any atom is 0.128 e. The van der Waals surface area contributed by atoms with Crippen LogP contribution in [0.3, 0.4) is 0 Å². The first-order chi connectivity index (χ1) is 10.2. The third kappa shape index (κ3) is 3.13. The third-order valence-electron chi connectivity index (χ3n) is 3.16. The summed E-state index contributed by atoms with van der Waals surface area (Å²) in [6.45, 7) is 0.414. The minimum atomic E-state index is -0.217. The van der Waals surface area contributed by atoms with Gasteiger partial charge in [-0.15, -0.1) is 0 Å². The van der Waals surface area contributed by atoms with Crippen molar-refractivity contribution >= 4 is 21.6 Å². The smallest absolute Gasteiger partial charge is 0.128 e. The normalized spacial score (nSPS) is 10.6. The molecule has 0 amide bonds. The van der Waals surface area contributed by atoms with Crippen molar-refractivity contribution in [2.24, 2.45) is 0 Å². The van der Waals surface area contributed by atoms with Crippen molar-refractivity contribution in [2.45, 2.75) is 6.54 Å². The second-order valence-corrected chi connectivity index (χ2v) is 5.49. The van der Waals surface area contributed by atoms with Crippen LogP contribution in [-0.2, 0) is 6.54 Å². The summed E-state index contributed by atoms with van der Waals surface area (Å²) in [6.07, 6.45) is 5.34. The van der Waals surface area contributed by atoms with Crippen LogP contribution in [0.4, 0.5) is 10.1 Å². The van der Waals surface area contributed by atoms with Gasteiger partial charge in [0.2, 0.25) is 0 Å². The van der Waals surface area contributed by atoms with E-state index in [4.69, 9.17) is 0 Å². The molecular weight excluding hydrogens is 333 g/mol. The largest absolute Gasteiger partial charge is 0.379 e. The molecule has 3 aromatic rings. The Hall–Kier alpha value is -2.14. The fourth-order valence-electron chi connectivity index (χ4n) is 2.12. The van der Waals surface area contributed by atoms with E-state index in [1.165, 1.54) is 6.07 Å². The molecule has 0 radical (unpaired) electrons. The number of nitrogens with zero attached hydrogens (tertiary/aromatic N) is 2. The molecule has 5 heteroatoms. The van der Waals surface area contributed by atoms with E-state index in [1.807, 2.05) is 35.0 Å². The van der Waals surface area contributed by atoms with Gasteiger partial charge in [0, 0.05) is 29.0 Å². The number of aromatic nitrogens is 2. The van der Waals surface area contributed by atoms with Crippen molar-refractivity contribution in [1.29, 1.82) is 0 Å². The molecule has 1 heterocycles. The topological polar surface area (TPSA) is 29.9 Å². The summed E-state index contributed by atoms with van der Waals surface area (Å²) in [5.74, 6) is -0.217. The number of imidazole rings is 1. The zero-order valence-corrected chi connectivity index (χ0v) is 12.7. The molecule has 0 saturated heterocycles. The van der Waals surface area contributed by atoms with Gasteiger partial charge >= 0.3 is 0 Å². The lowest BCUT2D eigenvalue weighted by Gasteiger charge is -2.13. The van der Waals surface area contributed by atoms with E-state index < -0.39 is 0 Å². The fourth-order valence-corrected chi connectivity index (χ4v) is 2.53. The number of halogens is 2. The quantitative estimate of drug-likeness (QED) is 0.760. The van der Waals surface area contributed by atoms with Gasteiger partial charge in [0.25, 0.3) is 0 Å². The van der Waals surface area contributed by atoms with E-state index in [1.54, 1.807) is 24.7 Å². The SMILES string of the molecule is Fc1ccc(Br)cc1CNc1ccccc1-n1ccnc1. The second kappa shape index (κ2) is 6.10. The number of hydrogen-bond acceptors (Lipinski definition) is 2. The van der Waals surface area contributed by atoms with E-state index in [-0.39, 0.29) is 5.82 Å². The zero-order chi connectivity index (χ0) is 14.7. The van der Waals surface area contributed by atoms with Crippen molar-refractivity contribution in [3.8, 4) is 5.69 Å². The standard InChI is InChI=1S/C16H13BrFN3/c17-13-5-6-14(18)12(9-13)10-20-15-3-1-2-4-16(15)21-8-7-19-11-21/h1-9,11,20H,10H2. The number of hydrogen-bond donors (Lipinski definition) is 1.